The maximum atomic E-state index is 8.55. The molecule has 0 bridgehead atoms. The van der Waals surface area contributed by atoms with Crippen molar-refractivity contribution >= 4 is 7.82 Å². The zero-order valence-electron chi connectivity index (χ0n) is 3.23. The van der Waals surface area contributed by atoms with Crippen LogP contribution in [-0.2, 0) is 24.0 Å². The van der Waals surface area contributed by atoms with Gasteiger partial charge in [-0.25, -0.2) is 0 Å². The van der Waals surface area contributed by atoms with Crippen LogP contribution in [-0.4, -0.2) is 5.48 Å². The van der Waals surface area contributed by atoms with Crippen LogP contribution < -0.4 is 14.7 Å². The monoisotopic (exact) mass is 176 g/mol. The van der Waals surface area contributed by atoms with Crippen LogP contribution in [0.15, 0.2) is 0 Å². The average molecular weight is 177 g/mol. The molecule has 0 rings (SSSR count). The minimum absolute atomic E-state index is 0. The Morgan fingerprint density at radius 2 is 1.14 bits per heavy atom. The van der Waals surface area contributed by atoms with Gasteiger partial charge >= 0.3 is 19.5 Å². The molecule has 0 atom stereocenters. The Morgan fingerprint density at radius 3 is 1.14 bits per heavy atom. The standard InChI is InChI=1S/H3O4P.H2O.Zn/c1-5(2,3)4;;/h(H3,1,2,3,4);1H2;/q;;+2/p-4. The molecule has 0 unspecified atom stereocenters. The molecule has 0 saturated carbocycles. The van der Waals surface area contributed by atoms with Crippen LogP contribution in [0.1, 0.15) is 0 Å². The van der Waals surface area contributed by atoms with E-state index in [0.29, 0.717) is 0 Å². The normalized spacial score (nSPS) is 8.43. The zero-order valence-corrected chi connectivity index (χ0v) is 7.10. The molecule has 0 aromatic heterocycles. The molecular weight excluding hydrogens is 176 g/mol. The van der Waals surface area contributed by atoms with Gasteiger partial charge in [0.05, 0.1) is 0 Å². The van der Waals surface area contributed by atoms with Gasteiger partial charge in [-0.1, -0.05) is 0 Å². The fourth-order valence-corrected chi connectivity index (χ4v) is 0. The maximum absolute atomic E-state index is 8.55. The Labute approximate surface area is 52.7 Å². The number of hydrogen-bond donors (Lipinski definition) is 0. The van der Waals surface area contributed by atoms with Crippen molar-refractivity contribution in [3.63, 3.8) is 0 Å². The molecule has 0 aliphatic carbocycles. The van der Waals surface area contributed by atoms with Crippen molar-refractivity contribution < 1.29 is 44.2 Å². The third kappa shape index (κ3) is 307. The van der Waals surface area contributed by atoms with Gasteiger partial charge in [-0.3, -0.25) is 0 Å². The number of phosphoric acid groups is 1. The SMILES string of the molecule is O=P([O-])([O-])[O-].[OH-].[Zn+2]. The molecule has 0 fully saturated rings. The van der Waals surface area contributed by atoms with Gasteiger partial charge in [0.1, 0.15) is 0 Å². The summed E-state index contributed by atoms with van der Waals surface area (Å²) in [6.45, 7) is 0. The molecule has 40 valence electrons. The Morgan fingerprint density at radius 1 is 1.14 bits per heavy atom. The molecule has 0 saturated heterocycles. The van der Waals surface area contributed by atoms with Crippen LogP contribution in [0.25, 0.3) is 0 Å². The van der Waals surface area contributed by atoms with E-state index in [4.69, 9.17) is 19.2 Å². The van der Waals surface area contributed by atoms with E-state index in [1.54, 1.807) is 0 Å². The summed E-state index contributed by atoms with van der Waals surface area (Å²) in [5, 5.41) is 0. The minimum Gasteiger partial charge on any atom is -0.870 e. The molecule has 7 heavy (non-hydrogen) atoms. The molecule has 0 aromatic carbocycles. The molecule has 0 aliphatic rings. The van der Waals surface area contributed by atoms with Crippen molar-refractivity contribution in [2.75, 3.05) is 0 Å². The molecular formula is HO5PZn-2. The molecule has 0 aromatic rings. The van der Waals surface area contributed by atoms with E-state index in [2.05, 4.69) is 0 Å². The van der Waals surface area contributed by atoms with Crippen LogP contribution in [0.3, 0.4) is 0 Å². The van der Waals surface area contributed by atoms with Gasteiger partial charge in [-0.2, -0.15) is 7.82 Å². The fraction of sp³-hybridized carbons (Fsp3) is 0. The van der Waals surface area contributed by atoms with Gasteiger partial charge in [0.15, 0.2) is 0 Å². The van der Waals surface area contributed by atoms with Crippen LogP contribution in [0.4, 0.5) is 0 Å². The summed E-state index contributed by atoms with van der Waals surface area (Å²) in [7, 11) is -5.39. The van der Waals surface area contributed by atoms with E-state index >= 15 is 0 Å². The number of hydrogen-bond acceptors (Lipinski definition) is 5. The molecule has 5 nitrogen and oxygen atoms in total. The van der Waals surface area contributed by atoms with Gasteiger partial charge in [0.25, 0.3) is 0 Å². The first-order valence-electron chi connectivity index (χ1n) is 0.730. The van der Waals surface area contributed by atoms with Crippen molar-refractivity contribution in [3.05, 3.63) is 0 Å². The minimum atomic E-state index is -5.39. The largest absolute Gasteiger partial charge is 2.00 e. The molecule has 0 heterocycles. The van der Waals surface area contributed by atoms with E-state index in [1.807, 2.05) is 0 Å². The van der Waals surface area contributed by atoms with Gasteiger partial charge in [0.2, 0.25) is 0 Å². The van der Waals surface area contributed by atoms with Crippen molar-refractivity contribution in [1.29, 1.82) is 0 Å². The van der Waals surface area contributed by atoms with Crippen molar-refractivity contribution in [2.24, 2.45) is 0 Å². The Kier molecular flexibility index (Phi) is 10.8. The zero-order chi connectivity index (χ0) is 4.50. The second-order valence-corrected chi connectivity index (χ2v) is 1.34. The molecule has 7 heteroatoms. The van der Waals surface area contributed by atoms with E-state index in [9.17, 15) is 0 Å². The Balaban J connectivity index is -0.0000000800. The topological polar surface area (TPSA) is 116 Å². The fourth-order valence-electron chi connectivity index (χ4n) is 0. The number of rotatable bonds is 0. The Bertz CT molecular complexity index is 54.2. The van der Waals surface area contributed by atoms with E-state index < -0.39 is 7.82 Å². The van der Waals surface area contributed by atoms with E-state index in [1.165, 1.54) is 0 Å². The molecule has 0 spiro atoms. The predicted octanol–water partition coefficient (Wildman–Crippen LogP) is -3.00. The van der Waals surface area contributed by atoms with Crippen LogP contribution in [0, 0.1) is 0 Å². The van der Waals surface area contributed by atoms with Gasteiger partial charge < -0.3 is 24.7 Å². The molecule has 0 aliphatic heterocycles. The summed E-state index contributed by atoms with van der Waals surface area (Å²) < 4.78 is 8.55. The van der Waals surface area contributed by atoms with Gasteiger partial charge in [0, 0.05) is 0 Å². The maximum Gasteiger partial charge on any atom is 2.00 e. The van der Waals surface area contributed by atoms with Crippen LogP contribution in [0.5, 0.6) is 0 Å². The third-order valence-corrected chi connectivity index (χ3v) is 0. The Hall–Kier alpha value is 0.693. The summed E-state index contributed by atoms with van der Waals surface area (Å²) in [6.07, 6.45) is 0. The first-order valence-corrected chi connectivity index (χ1v) is 2.19. The summed E-state index contributed by atoms with van der Waals surface area (Å²) >= 11 is 0. The smallest absolute Gasteiger partial charge is 0.870 e. The van der Waals surface area contributed by atoms with Crippen molar-refractivity contribution in [3.8, 4) is 0 Å². The third-order valence-electron chi connectivity index (χ3n) is 0. The molecule has 0 amide bonds. The van der Waals surface area contributed by atoms with Gasteiger partial charge in [-0.15, -0.1) is 0 Å². The first-order chi connectivity index (χ1) is 2.00. The summed E-state index contributed by atoms with van der Waals surface area (Å²) in [5.41, 5.74) is 0. The first kappa shape index (κ1) is 15.6. The van der Waals surface area contributed by atoms with Gasteiger partial charge in [-0.05, 0) is 0 Å². The average Bonchev–Trinajstić information content (AvgIpc) is 0.722. The summed E-state index contributed by atoms with van der Waals surface area (Å²) in [6, 6.07) is 0. The van der Waals surface area contributed by atoms with E-state index in [-0.39, 0.29) is 25.0 Å². The molecule has 1 N–H and O–H groups in total. The van der Waals surface area contributed by atoms with E-state index in [0.717, 1.165) is 0 Å². The van der Waals surface area contributed by atoms with Crippen LogP contribution >= 0.6 is 7.82 Å². The molecule has 0 radical (unpaired) electrons. The second kappa shape index (κ2) is 4.84. The van der Waals surface area contributed by atoms with Crippen molar-refractivity contribution in [2.45, 2.75) is 0 Å². The predicted molar refractivity (Wildman–Crippen MR) is 9.54 cm³/mol. The quantitative estimate of drug-likeness (QED) is 0.289. The second-order valence-electron chi connectivity index (χ2n) is 0.447. The summed E-state index contributed by atoms with van der Waals surface area (Å²) in [5.74, 6) is 0. The van der Waals surface area contributed by atoms with Crippen molar-refractivity contribution in [1.82, 2.24) is 0 Å². The van der Waals surface area contributed by atoms with Crippen LogP contribution in [0.2, 0.25) is 0 Å². The summed E-state index contributed by atoms with van der Waals surface area (Å²) in [4.78, 5) is 25.6.